The molecule has 0 amide bonds. The molecule has 1 saturated heterocycles. The summed E-state index contributed by atoms with van der Waals surface area (Å²) >= 11 is 0. The Kier molecular flexibility index (Phi) is 4.79. The molecule has 1 aliphatic rings. The summed E-state index contributed by atoms with van der Waals surface area (Å²) in [5.74, 6) is 0. The second kappa shape index (κ2) is 6.35. The lowest BCUT2D eigenvalue weighted by molar-refractivity contribution is 0.150. The van der Waals surface area contributed by atoms with Gasteiger partial charge in [-0.1, -0.05) is 37.1 Å². The summed E-state index contributed by atoms with van der Waals surface area (Å²) in [7, 11) is 0. The van der Waals surface area contributed by atoms with Crippen LogP contribution in [0.15, 0.2) is 24.3 Å². The van der Waals surface area contributed by atoms with Crippen molar-refractivity contribution in [2.24, 2.45) is 5.73 Å². The van der Waals surface area contributed by atoms with Gasteiger partial charge in [-0.15, -0.1) is 0 Å². The molecule has 1 aliphatic heterocycles. The zero-order valence-electron chi connectivity index (χ0n) is 11.7. The summed E-state index contributed by atoms with van der Waals surface area (Å²) in [6, 6.07) is 9.72. The Morgan fingerprint density at radius 3 is 2.78 bits per heavy atom. The standard InChI is InChI=1S/C16H26N2/c1-13-8-5-6-10-15(13)16(12-17)18-11-7-3-4-9-14(18)2/h5-6,8,10,14,16H,3-4,7,9,11-12,17H2,1-2H3. The number of hydrogen-bond donors (Lipinski definition) is 1. The molecule has 1 fully saturated rings. The van der Waals surface area contributed by atoms with E-state index < -0.39 is 0 Å². The minimum Gasteiger partial charge on any atom is -0.329 e. The normalized spacial score (nSPS) is 23.6. The highest BCUT2D eigenvalue weighted by Gasteiger charge is 2.25. The first kappa shape index (κ1) is 13.6. The van der Waals surface area contributed by atoms with Crippen LogP contribution in [0, 0.1) is 6.92 Å². The number of benzene rings is 1. The number of likely N-dealkylation sites (tertiary alicyclic amines) is 1. The van der Waals surface area contributed by atoms with Crippen LogP contribution in [0.25, 0.3) is 0 Å². The maximum Gasteiger partial charge on any atom is 0.0475 e. The Labute approximate surface area is 111 Å². The van der Waals surface area contributed by atoms with Gasteiger partial charge in [0.2, 0.25) is 0 Å². The summed E-state index contributed by atoms with van der Waals surface area (Å²) in [5, 5.41) is 0. The molecule has 0 saturated carbocycles. The van der Waals surface area contributed by atoms with Gasteiger partial charge in [-0.2, -0.15) is 0 Å². The molecule has 1 heterocycles. The molecule has 0 spiro atoms. The smallest absolute Gasteiger partial charge is 0.0475 e. The first-order valence-corrected chi connectivity index (χ1v) is 7.25. The fraction of sp³-hybridized carbons (Fsp3) is 0.625. The zero-order valence-corrected chi connectivity index (χ0v) is 11.7. The van der Waals surface area contributed by atoms with Gasteiger partial charge in [0.15, 0.2) is 0 Å². The second-order valence-electron chi connectivity index (χ2n) is 5.54. The lowest BCUT2D eigenvalue weighted by Gasteiger charge is -2.35. The Morgan fingerprint density at radius 2 is 2.06 bits per heavy atom. The Balaban J connectivity index is 2.24. The topological polar surface area (TPSA) is 29.3 Å². The van der Waals surface area contributed by atoms with E-state index in [9.17, 15) is 0 Å². The molecule has 2 nitrogen and oxygen atoms in total. The minimum absolute atomic E-state index is 0.388. The fourth-order valence-electron chi connectivity index (χ4n) is 3.16. The maximum atomic E-state index is 6.08. The van der Waals surface area contributed by atoms with Gasteiger partial charge in [-0.05, 0) is 44.4 Å². The third-order valence-corrected chi connectivity index (χ3v) is 4.28. The first-order valence-electron chi connectivity index (χ1n) is 7.25. The van der Waals surface area contributed by atoms with Gasteiger partial charge in [0.1, 0.15) is 0 Å². The summed E-state index contributed by atoms with van der Waals surface area (Å²) in [6.07, 6.45) is 5.35. The third-order valence-electron chi connectivity index (χ3n) is 4.28. The van der Waals surface area contributed by atoms with Gasteiger partial charge in [-0.25, -0.2) is 0 Å². The number of hydrogen-bond acceptors (Lipinski definition) is 2. The average Bonchev–Trinajstić information content (AvgIpc) is 2.58. The predicted octanol–water partition coefficient (Wildman–Crippen LogP) is 3.26. The molecule has 0 radical (unpaired) electrons. The van der Waals surface area contributed by atoms with Gasteiger partial charge >= 0.3 is 0 Å². The molecule has 2 heteroatoms. The van der Waals surface area contributed by atoms with E-state index in [-0.39, 0.29) is 0 Å². The fourth-order valence-corrected chi connectivity index (χ4v) is 3.16. The highest BCUT2D eigenvalue weighted by atomic mass is 15.2. The molecule has 1 aromatic rings. The highest BCUT2D eigenvalue weighted by Crippen LogP contribution is 2.28. The van der Waals surface area contributed by atoms with E-state index in [1.54, 1.807) is 0 Å². The monoisotopic (exact) mass is 246 g/mol. The van der Waals surface area contributed by atoms with Crippen molar-refractivity contribution in [3.63, 3.8) is 0 Å². The maximum absolute atomic E-state index is 6.08. The van der Waals surface area contributed by atoms with E-state index in [0.717, 1.165) is 6.54 Å². The quantitative estimate of drug-likeness (QED) is 0.887. The van der Waals surface area contributed by atoms with E-state index in [0.29, 0.717) is 12.1 Å². The number of nitrogens with two attached hydrogens (primary N) is 1. The lowest BCUT2D eigenvalue weighted by atomic mass is 9.98. The molecular weight excluding hydrogens is 220 g/mol. The molecule has 0 bridgehead atoms. The molecular formula is C16H26N2. The minimum atomic E-state index is 0.388. The average molecular weight is 246 g/mol. The number of aryl methyl sites for hydroxylation is 1. The molecule has 2 N–H and O–H groups in total. The van der Waals surface area contributed by atoms with Crippen molar-refractivity contribution in [2.75, 3.05) is 13.1 Å². The molecule has 100 valence electrons. The molecule has 1 aromatic carbocycles. The van der Waals surface area contributed by atoms with Gasteiger partial charge in [0.25, 0.3) is 0 Å². The SMILES string of the molecule is Cc1ccccc1C(CN)N1CCCCCC1C. The molecule has 18 heavy (non-hydrogen) atoms. The van der Waals surface area contributed by atoms with E-state index in [2.05, 4.69) is 43.0 Å². The van der Waals surface area contributed by atoms with Crippen molar-refractivity contribution in [3.05, 3.63) is 35.4 Å². The first-order chi connectivity index (χ1) is 8.74. The van der Waals surface area contributed by atoms with Crippen LogP contribution in [0.2, 0.25) is 0 Å². The Hall–Kier alpha value is -0.860. The van der Waals surface area contributed by atoms with Crippen molar-refractivity contribution in [1.29, 1.82) is 0 Å². The van der Waals surface area contributed by atoms with Crippen molar-refractivity contribution in [3.8, 4) is 0 Å². The van der Waals surface area contributed by atoms with E-state index in [4.69, 9.17) is 5.73 Å². The molecule has 0 aliphatic carbocycles. The van der Waals surface area contributed by atoms with E-state index in [1.807, 2.05) is 0 Å². The Morgan fingerprint density at radius 1 is 1.28 bits per heavy atom. The van der Waals surface area contributed by atoms with E-state index >= 15 is 0 Å². The van der Waals surface area contributed by atoms with Crippen molar-refractivity contribution in [1.82, 2.24) is 4.90 Å². The third kappa shape index (κ3) is 2.93. The van der Waals surface area contributed by atoms with Crippen LogP contribution >= 0.6 is 0 Å². The van der Waals surface area contributed by atoms with Crippen LogP contribution < -0.4 is 5.73 Å². The lowest BCUT2D eigenvalue weighted by Crippen LogP contribution is -2.40. The van der Waals surface area contributed by atoms with Gasteiger partial charge < -0.3 is 5.73 Å². The van der Waals surface area contributed by atoms with Gasteiger partial charge in [0, 0.05) is 18.6 Å². The Bertz CT molecular complexity index is 375. The summed E-state index contributed by atoms with van der Waals surface area (Å²) in [5.41, 5.74) is 8.85. The van der Waals surface area contributed by atoms with Crippen LogP contribution in [0.4, 0.5) is 0 Å². The van der Waals surface area contributed by atoms with Crippen LogP contribution in [-0.4, -0.2) is 24.0 Å². The van der Waals surface area contributed by atoms with Crippen LogP contribution in [0.1, 0.15) is 49.8 Å². The number of rotatable bonds is 3. The largest absolute Gasteiger partial charge is 0.329 e. The summed E-state index contributed by atoms with van der Waals surface area (Å²) in [6.45, 7) is 6.46. The van der Waals surface area contributed by atoms with Crippen molar-refractivity contribution < 1.29 is 0 Å². The van der Waals surface area contributed by atoms with Gasteiger partial charge in [-0.3, -0.25) is 4.90 Å². The zero-order chi connectivity index (χ0) is 13.0. The molecule has 0 aromatic heterocycles. The van der Waals surface area contributed by atoms with Crippen molar-refractivity contribution >= 4 is 0 Å². The molecule has 2 atom stereocenters. The highest BCUT2D eigenvalue weighted by molar-refractivity contribution is 5.29. The molecule has 2 rings (SSSR count). The van der Waals surface area contributed by atoms with Crippen LogP contribution in [0.3, 0.4) is 0 Å². The van der Waals surface area contributed by atoms with E-state index in [1.165, 1.54) is 43.4 Å². The number of nitrogens with zero attached hydrogens (tertiary/aromatic N) is 1. The summed E-state index contributed by atoms with van der Waals surface area (Å²) in [4.78, 5) is 2.62. The summed E-state index contributed by atoms with van der Waals surface area (Å²) < 4.78 is 0. The van der Waals surface area contributed by atoms with Crippen LogP contribution in [0.5, 0.6) is 0 Å². The van der Waals surface area contributed by atoms with Crippen LogP contribution in [-0.2, 0) is 0 Å². The van der Waals surface area contributed by atoms with Gasteiger partial charge in [0.05, 0.1) is 0 Å². The second-order valence-corrected chi connectivity index (χ2v) is 5.54. The molecule has 2 unspecified atom stereocenters. The predicted molar refractivity (Wildman–Crippen MR) is 77.6 cm³/mol. The van der Waals surface area contributed by atoms with Crippen molar-refractivity contribution in [2.45, 2.75) is 51.6 Å².